The lowest BCUT2D eigenvalue weighted by Crippen LogP contribution is -2.38. The molecule has 1 aromatic rings. The highest BCUT2D eigenvalue weighted by atomic mass is 35.5. The molecule has 1 aromatic carbocycles. The molecule has 0 N–H and O–H groups in total. The number of hydrogen-bond acceptors (Lipinski definition) is 2. The zero-order valence-electron chi connectivity index (χ0n) is 9.85. The Morgan fingerprint density at radius 2 is 1.47 bits per heavy atom. The Balaban J connectivity index is 3.32. The summed E-state index contributed by atoms with van der Waals surface area (Å²) in [6.07, 6.45) is 0. The van der Waals surface area contributed by atoms with Crippen molar-refractivity contribution in [2.45, 2.75) is 19.6 Å². The summed E-state index contributed by atoms with van der Waals surface area (Å²) in [6.45, 7) is 6.75. The zero-order chi connectivity index (χ0) is 11.6. The molecule has 0 fully saturated rings. The lowest BCUT2D eigenvalue weighted by Gasteiger charge is -2.20. The van der Waals surface area contributed by atoms with Crippen molar-refractivity contribution in [3.05, 3.63) is 17.2 Å². The average molecular weight is 245 g/mol. The third-order valence-corrected chi connectivity index (χ3v) is 4.78. The second kappa shape index (κ2) is 4.45. The van der Waals surface area contributed by atoms with E-state index in [9.17, 15) is 0 Å². The molecule has 1 rings (SSSR count). The van der Waals surface area contributed by atoms with Gasteiger partial charge in [-0.05, 0) is 11.3 Å². The van der Waals surface area contributed by atoms with Crippen LogP contribution in [0.5, 0.6) is 11.5 Å². The van der Waals surface area contributed by atoms with Crippen molar-refractivity contribution in [1.82, 2.24) is 0 Å². The molecule has 84 valence electrons. The first kappa shape index (κ1) is 12.4. The summed E-state index contributed by atoms with van der Waals surface area (Å²) >= 11 is 6.22. The predicted molar refractivity (Wildman–Crippen MR) is 67.5 cm³/mol. The highest BCUT2D eigenvalue weighted by molar-refractivity contribution is 6.90. The minimum Gasteiger partial charge on any atom is -0.493 e. The lowest BCUT2D eigenvalue weighted by molar-refractivity contribution is 0.355. The number of halogens is 1. The molecule has 0 aliphatic heterocycles. The van der Waals surface area contributed by atoms with Crippen LogP contribution >= 0.6 is 11.6 Å². The molecule has 4 heteroatoms. The van der Waals surface area contributed by atoms with Crippen LogP contribution in [0.3, 0.4) is 0 Å². The van der Waals surface area contributed by atoms with Crippen molar-refractivity contribution >= 4 is 24.9 Å². The summed E-state index contributed by atoms with van der Waals surface area (Å²) in [4.78, 5) is 0. The van der Waals surface area contributed by atoms with Gasteiger partial charge in [0.15, 0.2) is 11.5 Å². The number of ether oxygens (including phenoxy) is 2. The molecule has 0 aromatic heterocycles. The molecule has 15 heavy (non-hydrogen) atoms. The van der Waals surface area contributed by atoms with Crippen LogP contribution in [-0.2, 0) is 0 Å². The van der Waals surface area contributed by atoms with Gasteiger partial charge < -0.3 is 9.47 Å². The van der Waals surface area contributed by atoms with Gasteiger partial charge in [-0.3, -0.25) is 0 Å². The molecule has 0 spiro atoms. The van der Waals surface area contributed by atoms with Crippen molar-refractivity contribution in [2.75, 3.05) is 14.2 Å². The molecule has 2 nitrogen and oxygen atoms in total. The van der Waals surface area contributed by atoms with Crippen LogP contribution in [0.15, 0.2) is 12.1 Å². The first-order chi connectivity index (χ1) is 6.90. The maximum Gasteiger partial charge on any atom is 0.162 e. The first-order valence-electron chi connectivity index (χ1n) is 4.82. The average Bonchev–Trinajstić information content (AvgIpc) is 2.15. The van der Waals surface area contributed by atoms with Crippen molar-refractivity contribution in [3.8, 4) is 11.5 Å². The third-order valence-electron chi connectivity index (χ3n) is 2.28. The summed E-state index contributed by atoms with van der Waals surface area (Å²) < 4.78 is 10.5. The van der Waals surface area contributed by atoms with Crippen LogP contribution in [0.2, 0.25) is 24.7 Å². The fourth-order valence-electron chi connectivity index (χ4n) is 1.43. The first-order valence-corrected chi connectivity index (χ1v) is 8.70. The Bertz CT molecular complexity index is 358. The van der Waals surface area contributed by atoms with Crippen LogP contribution in [-0.4, -0.2) is 22.3 Å². The zero-order valence-corrected chi connectivity index (χ0v) is 11.6. The summed E-state index contributed by atoms with van der Waals surface area (Å²) in [7, 11) is 1.82. The Labute approximate surface area is 97.2 Å². The van der Waals surface area contributed by atoms with E-state index in [2.05, 4.69) is 19.6 Å². The number of benzene rings is 1. The van der Waals surface area contributed by atoms with E-state index in [1.807, 2.05) is 12.1 Å². The molecule has 0 saturated carbocycles. The Kier molecular flexibility index (Phi) is 3.68. The van der Waals surface area contributed by atoms with Crippen molar-refractivity contribution < 1.29 is 9.47 Å². The topological polar surface area (TPSA) is 18.5 Å². The van der Waals surface area contributed by atoms with E-state index in [1.165, 1.54) is 5.19 Å². The quantitative estimate of drug-likeness (QED) is 0.762. The van der Waals surface area contributed by atoms with Gasteiger partial charge in [0.25, 0.3) is 0 Å². The van der Waals surface area contributed by atoms with E-state index in [0.717, 1.165) is 10.8 Å². The molecule has 0 bridgehead atoms. The van der Waals surface area contributed by atoms with Crippen LogP contribution in [0.4, 0.5) is 0 Å². The fraction of sp³-hybridized carbons (Fsp3) is 0.455. The summed E-state index contributed by atoms with van der Waals surface area (Å²) in [6, 6.07) is 3.82. The summed E-state index contributed by atoms with van der Waals surface area (Å²) in [5.74, 6) is 1.43. The van der Waals surface area contributed by atoms with Gasteiger partial charge in [-0.1, -0.05) is 31.2 Å². The van der Waals surface area contributed by atoms with E-state index < -0.39 is 8.07 Å². The highest BCUT2D eigenvalue weighted by Gasteiger charge is 2.22. The van der Waals surface area contributed by atoms with Crippen LogP contribution in [0.1, 0.15) is 0 Å². The Morgan fingerprint density at radius 1 is 1.00 bits per heavy atom. The largest absolute Gasteiger partial charge is 0.493 e. The number of methoxy groups -OCH3 is 2. The number of rotatable bonds is 3. The van der Waals surface area contributed by atoms with Gasteiger partial charge in [0.2, 0.25) is 0 Å². The van der Waals surface area contributed by atoms with Crippen molar-refractivity contribution in [3.63, 3.8) is 0 Å². The molecule has 0 heterocycles. The molecular weight excluding hydrogens is 228 g/mol. The Morgan fingerprint density at radius 3 is 1.87 bits per heavy atom. The Hall–Kier alpha value is -0.673. The van der Waals surface area contributed by atoms with Crippen molar-refractivity contribution in [2.24, 2.45) is 0 Å². The number of hydrogen-bond donors (Lipinski definition) is 0. The minimum atomic E-state index is -1.43. The fourth-order valence-corrected chi connectivity index (χ4v) is 3.79. The summed E-state index contributed by atoms with van der Waals surface area (Å²) in [5.41, 5.74) is 0. The molecule has 0 aliphatic carbocycles. The predicted octanol–water partition coefficient (Wildman–Crippen LogP) is 2.90. The van der Waals surface area contributed by atoms with E-state index in [-0.39, 0.29) is 0 Å². The third kappa shape index (κ3) is 2.67. The normalized spacial score (nSPS) is 11.3. The minimum absolute atomic E-state index is 0.685. The molecule has 0 unspecified atom stereocenters. The monoisotopic (exact) mass is 244 g/mol. The SMILES string of the molecule is COc1cc(Cl)c([Si](C)(C)C)cc1OC. The van der Waals surface area contributed by atoms with Gasteiger partial charge in [0.05, 0.1) is 22.3 Å². The van der Waals surface area contributed by atoms with Gasteiger partial charge >= 0.3 is 0 Å². The molecule has 0 aliphatic rings. The standard InChI is InChI=1S/C11H17ClO2Si/c1-13-9-6-8(12)11(15(3,4)5)7-10(9)14-2/h6-7H,1-5H3. The maximum atomic E-state index is 6.22. The van der Waals surface area contributed by atoms with Gasteiger partial charge in [-0.2, -0.15) is 0 Å². The van der Waals surface area contributed by atoms with Crippen molar-refractivity contribution in [1.29, 1.82) is 0 Å². The molecule has 0 amide bonds. The van der Waals surface area contributed by atoms with Gasteiger partial charge in [0.1, 0.15) is 0 Å². The second-order valence-corrected chi connectivity index (χ2v) is 9.88. The maximum absolute atomic E-state index is 6.22. The molecule has 0 radical (unpaired) electrons. The molecule has 0 atom stereocenters. The second-order valence-electron chi connectivity index (χ2n) is 4.44. The van der Waals surface area contributed by atoms with E-state index in [0.29, 0.717) is 5.75 Å². The van der Waals surface area contributed by atoms with Crippen LogP contribution < -0.4 is 14.7 Å². The van der Waals surface area contributed by atoms with Gasteiger partial charge in [-0.15, -0.1) is 0 Å². The molecule has 0 saturated heterocycles. The van der Waals surface area contributed by atoms with Gasteiger partial charge in [-0.25, -0.2) is 0 Å². The van der Waals surface area contributed by atoms with Gasteiger partial charge in [0, 0.05) is 11.1 Å². The molecular formula is C11H17ClO2Si. The van der Waals surface area contributed by atoms with Crippen LogP contribution in [0.25, 0.3) is 0 Å². The van der Waals surface area contributed by atoms with E-state index >= 15 is 0 Å². The smallest absolute Gasteiger partial charge is 0.162 e. The van der Waals surface area contributed by atoms with Crippen LogP contribution in [0, 0.1) is 0 Å². The highest BCUT2D eigenvalue weighted by Crippen LogP contribution is 2.30. The van der Waals surface area contributed by atoms with E-state index in [4.69, 9.17) is 21.1 Å². The lowest BCUT2D eigenvalue weighted by atomic mass is 10.3. The van der Waals surface area contributed by atoms with E-state index in [1.54, 1.807) is 14.2 Å². The summed E-state index contributed by atoms with van der Waals surface area (Å²) in [5, 5.41) is 1.97.